The predicted molar refractivity (Wildman–Crippen MR) is 156 cm³/mol. The van der Waals surface area contributed by atoms with Crippen LogP contribution in [0.25, 0.3) is 28.7 Å². The van der Waals surface area contributed by atoms with Crippen molar-refractivity contribution in [2.45, 2.75) is 13.0 Å². The number of hydrogen-bond acceptors (Lipinski definition) is 7. The maximum absolute atomic E-state index is 13.7. The summed E-state index contributed by atoms with van der Waals surface area (Å²) < 4.78 is 7.56. The van der Waals surface area contributed by atoms with E-state index in [-0.39, 0.29) is 38.0 Å². The average Bonchev–Trinajstić information content (AvgIpc) is 3.58. The zero-order valence-corrected chi connectivity index (χ0v) is 22.5. The molecule has 0 aliphatic heterocycles. The summed E-state index contributed by atoms with van der Waals surface area (Å²) in [5.74, 6) is -0.0656. The number of carbonyl (C=O) groups excluding carboxylic acids is 1. The highest BCUT2D eigenvalue weighted by Crippen LogP contribution is 2.31. The first-order valence-electron chi connectivity index (χ1n) is 12.5. The lowest BCUT2D eigenvalue weighted by atomic mass is 10.1. The minimum absolute atomic E-state index is 0.109. The number of amides is 1. The number of nitrogens with one attached hydrogen (secondary N) is 1. The smallest absolute Gasteiger partial charge is 0.280 e. The molecule has 1 amide bonds. The molecular formula is C31H22N4O5S. The molecule has 0 fully saturated rings. The average molecular weight is 563 g/mol. The summed E-state index contributed by atoms with van der Waals surface area (Å²) in [5, 5.41) is 24.4. The topological polar surface area (TPSA) is 131 Å². The van der Waals surface area contributed by atoms with Gasteiger partial charge in [0.2, 0.25) is 0 Å². The molecule has 2 aromatic heterocycles. The second kappa shape index (κ2) is 11.7. The van der Waals surface area contributed by atoms with Crippen LogP contribution in [0.1, 0.15) is 24.3 Å². The lowest BCUT2D eigenvalue weighted by Gasteiger charge is -2.13. The van der Waals surface area contributed by atoms with Crippen LogP contribution in [-0.4, -0.2) is 15.4 Å². The lowest BCUT2D eigenvalue weighted by molar-refractivity contribution is -0.384. The van der Waals surface area contributed by atoms with Gasteiger partial charge >= 0.3 is 0 Å². The van der Waals surface area contributed by atoms with Crippen molar-refractivity contribution in [3.05, 3.63) is 138 Å². The maximum Gasteiger partial charge on any atom is 0.280 e. The normalized spacial score (nSPS) is 12.8. The molecular weight excluding hydrogens is 540 g/mol. The minimum Gasteiger partial charge on any atom is -0.456 e. The van der Waals surface area contributed by atoms with Crippen molar-refractivity contribution in [3.63, 3.8) is 0 Å². The van der Waals surface area contributed by atoms with E-state index in [0.717, 1.165) is 16.9 Å². The second-order valence-electron chi connectivity index (χ2n) is 8.96. The zero-order chi connectivity index (χ0) is 28.9. The van der Waals surface area contributed by atoms with Crippen molar-refractivity contribution in [2.24, 2.45) is 0 Å². The molecule has 41 heavy (non-hydrogen) atoms. The SMILES string of the molecule is C[C@H](NC(=O)/C(C#N)=c1\s/c(=C/c2ccc(-c3ccccc3[N+](=O)[O-])o2)c(=O)n1-c1ccccc1)c1ccccc1. The van der Waals surface area contributed by atoms with Crippen LogP contribution in [0.4, 0.5) is 5.69 Å². The second-order valence-corrected chi connectivity index (χ2v) is 9.99. The quantitative estimate of drug-likeness (QED) is 0.230. The lowest BCUT2D eigenvalue weighted by Crippen LogP contribution is -2.34. The van der Waals surface area contributed by atoms with Gasteiger partial charge in [-0.2, -0.15) is 5.26 Å². The molecule has 0 bridgehead atoms. The van der Waals surface area contributed by atoms with E-state index in [2.05, 4.69) is 5.32 Å². The van der Waals surface area contributed by atoms with E-state index in [1.807, 2.05) is 43.3 Å². The number of nitro benzene ring substituents is 1. The number of nitro groups is 1. The molecule has 0 aliphatic rings. The molecule has 1 atom stereocenters. The van der Waals surface area contributed by atoms with Crippen LogP contribution < -0.4 is 20.1 Å². The predicted octanol–water partition coefficient (Wildman–Crippen LogP) is 4.45. The third kappa shape index (κ3) is 5.61. The van der Waals surface area contributed by atoms with Crippen LogP contribution >= 0.6 is 11.3 Å². The fourth-order valence-electron chi connectivity index (χ4n) is 4.30. The Balaban J connectivity index is 1.63. The van der Waals surface area contributed by atoms with Crippen molar-refractivity contribution < 1.29 is 14.1 Å². The minimum atomic E-state index is -0.613. The fraction of sp³-hybridized carbons (Fsp3) is 0.0645. The molecule has 0 spiro atoms. The molecule has 0 saturated heterocycles. The molecule has 2 heterocycles. The van der Waals surface area contributed by atoms with Gasteiger partial charge in [-0.1, -0.05) is 60.7 Å². The Labute approximate surface area is 237 Å². The van der Waals surface area contributed by atoms with Crippen LogP contribution in [0.5, 0.6) is 0 Å². The van der Waals surface area contributed by atoms with Crippen LogP contribution in [0.3, 0.4) is 0 Å². The molecule has 3 aromatic carbocycles. The van der Waals surface area contributed by atoms with E-state index >= 15 is 0 Å². The van der Waals surface area contributed by atoms with Crippen LogP contribution in [0.2, 0.25) is 0 Å². The van der Waals surface area contributed by atoms with Gasteiger partial charge in [0.05, 0.1) is 26.7 Å². The zero-order valence-electron chi connectivity index (χ0n) is 21.7. The van der Waals surface area contributed by atoms with E-state index < -0.39 is 16.4 Å². The molecule has 0 radical (unpaired) electrons. The van der Waals surface area contributed by atoms with Crippen molar-refractivity contribution >= 4 is 34.6 Å². The van der Waals surface area contributed by atoms with E-state index in [1.165, 1.54) is 16.7 Å². The van der Waals surface area contributed by atoms with Gasteiger partial charge in [0.1, 0.15) is 22.3 Å². The number of benzene rings is 3. The van der Waals surface area contributed by atoms with Crippen molar-refractivity contribution in [1.82, 2.24) is 9.88 Å². The third-order valence-electron chi connectivity index (χ3n) is 6.30. The summed E-state index contributed by atoms with van der Waals surface area (Å²) in [6.07, 6.45) is 1.49. The van der Waals surface area contributed by atoms with E-state index in [0.29, 0.717) is 11.3 Å². The van der Waals surface area contributed by atoms with Gasteiger partial charge in [-0.3, -0.25) is 24.3 Å². The first-order valence-corrected chi connectivity index (χ1v) is 13.3. The summed E-state index contributed by atoms with van der Waals surface area (Å²) in [6, 6.07) is 29.0. The van der Waals surface area contributed by atoms with Crippen LogP contribution in [0.15, 0.2) is 106 Å². The Morgan fingerprint density at radius 3 is 2.37 bits per heavy atom. The molecule has 9 nitrogen and oxygen atoms in total. The van der Waals surface area contributed by atoms with Crippen molar-refractivity contribution in [1.29, 1.82) is 5.26 Å². The molecule has 1 N–H and O–H groups in total. The van der Waals surface area contributed by atoms with Gasteiger partial charge in [-0.05, 0) is 42.8 Å². The molecule has 5 rings (SSSR count). The number of carbonyl (C=O) groups is 1. The number of furan rings is 1. The number of para-hydroxylation sites is 2. The van der Waals surface area contributed by atoms with E-state index in [9.17, 15) is 25.0 Å². The van der Waals surface area contributed by atoms with Gasteiger partial charge in [0.25, 0.3) is 17.2 Å². The molecule has 0 aliphatic carbocycles. The first kappa shape index (κ1) is 27.1. The van der Waals surface area contributed by atoms with Gasteiger partial charge in [0, 0.05) is 12.1 Å². The van der Waals surface area contributed by atoms with Crippen molar-refractivity contribution in [3.8, 4) is 23.1 Å². The summed E-state index contributed by atoms with van der Waals surface area (Å²) >= 11 is 0.979. The van der Waals surface area contributed by atoms with E-state index in [1.54, 1.807) is 60.7 Å². The van der Waals surface area contributed by atoms with Gasteiger partial charge < -0.3 is 9.73 Å². The summed E-state index contributed by atoms with van der Waals surface area (Å²) in [6.45, 7) is 1.81. The highest BCUT2D eigenvalue weighted by Gasteiger charge is 2.20. The molecule has 10 heteroatoms. The standard InChI is InChI=1S/C31H22N4O5S/c1-20(21-10-4-2-5-11-21)33-29(36)25(19-32)31-34(22-12-6-3-7-13-22)30(37)28(41-31)18-23-16-17-27(40-23)24-14-8-9-15-26(24)35(38)39/h2-18,20H,1H3,(H,33,36)/b28-18+,31-25-/t20-/m0/s1. The summed E-state index contributed by atoms with van der Waals surface area (Å²) in [7, 11) is 0. The van der Waals surface area contributed by atoms with Gasteiger partial charge in [0.15, 0.2) is 5.57 Å². The van der Waals surface area contributed by atoms with Crippen molar-refractivity contribution in [2.75, 3.05) is 0 Å². The first-order chi connectivity index (χ1) is 19.9. The monoisotopic (exact) mass is 562 g/mol. The fourth-order valence-corrected chi connectivity index (χ4v) is 5.38. The number of hydrogen-bond donors (Lipinski definition) is 1. The summed E-state index contributed by atoms with van der Waals surface area (Å²) in [4.78, 5) is 37.9. The Hall–Kier alpha value is -5.53. The third-order valence-corrected chi connectivity index (χ3v) is 7.40. The number of nitriles is 1. The van der Waals surface area contributed by atoms with Gasteiger partial charge in [-0.15, -0.1) is 11.3 Å². The molecule has 202 valence electrons. The number of rotatable bonds is 7. The number of nitrogens with zero attached hydrogens (tertiary/aromatic N) is 3. The maximum atomic E-state index is 13.7. The highest BCUT2D eigenvalue weighted by molar-refractivity contribution is 7.07. The molecule has 5 aromatic rings. The molecule has 0 saturated carbocycles. The number of aromatic nitrogens is 1. The Bertz CT molecular complexity index is 1970. The summed E-state index contributed by atoms with van der Waals surface area (Å²) in [5.41, 5.74) is 0.887. The number of thiazole rings is 1. The highest BCUT2D eigenvalue weighted by atomic mass is 32.1. The Kier molecular flexibility index (Phi) is 7.71. The van der Waals surface area contributed by atoms with Crippen LogP contribution in [-0.2, 0) is 4.79 Å². The Morgan fingerprint density at radius 2 is 1.68 bits per heavy atom. The Morgan fingerprint density at radius 1 is 1.02 bits per heavy atom. The van der Waals surface area contributed by atoms with Crippen LogP contribution in [0, 0.1) is 21.4 Å². The van der Waals surface area contributed by atoms with E-state index in [4.69, 9.17) is 4.42 Å². The largest absolute Gasteiger partial charge is 0.456 e. The van der Waals surface area contributed by atoms with Gasteiger partial charge in [-0.25, -0.2) is 0 Å². The molecule has 0 unspecified atom stereocenters.